The van der Waals surface area contributed by atoms with Crippen LogP contribution >= 0.6 is 27.5 Å². The highest BCUT2D eigenvalue weighted by Gasteiger charge is 2.17. The van der Waals surface area contributed by atoms with Gasteiger partial charge in [0.25, 0.3) is 0 Å². The third kappa shape index (κ3) is 3.79. The maximum atomic E-state index is 6.43. The second-order valence-corrected chi connectivity index (χ2v) is 6.15. The number of methoxy groups -OCH3 is 1. The Morgan fingerprint density at radius 2 is 2.00 bits per heavy atom. The molecule has 1 unspecified atom stereocenters. The van der Waals surface area contributed by atoms with Crippen LogP contribution < -0.4 is 10.1 Å². The molecule has 0 aromatic heterocycles. The topological polar surface area (TPSA) is 21.3 Å². The number of halogens is 2. The Morgan fingerprint density at radius 1 is 1.24 bits per heavy atom. The lowest BCUT2D eigenvalue weighted by molar-refractivity contribution is 0.414. The lowest BCUT2D eigenvalue weighted by atomic mass is 9.97. The number of rotatable bonds is 5. The molecule has 0 heterocycles. The summed E-state index contributed by atoms with van der Waals surface area (Å²) in [6, 6.07) is 12.3. The fourth-order valence-electron chi connectivity index (χ4n) is 2.27. The summed E-state index contributed by atoms with van der Waals surface area (Å²) in [5.41, 5.74) is 3.45. The lowest BCUT2D eigenvalue weighted by Crippen LogP contribution is -2.22. The fraction of sp³-hybridized carbons (Fsp3) is 0.294. The van der Waals surface area contributed by atoms with Crippen molar-refractivity contribution < 1.29 is 4.74 Å². The van der Waals surface area contributed by atoms with Gasteiger partial charge in [-0.05, 0) is 48.4 Å². The first-order chi connectivity index (χ1) is 10.1. The molecular weight excluding hydrogens is 350 g/mol. The first-order valence-corrected chi connectivity index (χ1v) is 8.06. The first kappa shape index (κ1) is 16.3. The zero-order valence-electron chi connectivity index (χ0n) is 12.4. The third-order valence-electron chi connectivity index (χ3n) is 3.46. The van der Waals surface area contributed by atoms with Gasteiger partial charge >= 0.3 is 0 Å². The van der Waals surface area contributed by atoms with Gasteiger partial charge in [-0.15, -0.1) is 0 Å². The number of hydrogen-bond donors (Lipinski definition) is 1. The number of ether oxygens (including phenoxy) is 1. The van der Waals surface area contributed by atoms with Gasteiger partial charge in [-0.3, -0.25) is 0 Å². The maximum Gasteiger partial charge on any atom is 0.120 e. The normalized spacial score (nSPS) is 12.2. The average Bonchev–Trinajstić information content (AvgIpc) is 2.48. The molecule has 112 valence electrons. The Morgan fingerprint density at radius 3 is 2.57 bits per heavy atom. The highest BCUT2D eigenvalue weighted by Crippen LogP contribution is 2.32. The van der Waals surface area contributed by atoms with E-state index in [1.165, 1.54) is 11.1 Å². The Bertz CT molecular complexity index is 630. The molecule has 0 fully saturated rings. The fourth-order valence-corrected chi connectivity index (χ4v) is 2.95. The van der Waals surface area contributed by atoms with Gasteiger partial charge in [0.15, 0.2) is 0 Å². The van der Waals surface area contributed by atoms with E-state index in [-0.39, 0.29) is 6.04 Å². The summed E-state index contributed by atoms with van der Waals surface area (Å²) >= 11 is 10.0. The molecule has 0 spiro atoms. The van der Waals surface area contributed by atoms with Crippen LogP contribution in [0.4, 0.5) is 0 Å². The van der Waals surface area contributed by atoms with E-state index < -0.39 is 0 Å². The molecule has 0 saturated carbocycles. The molecule has 2 rings (SSSR count). The van der Waals surface area contributed by atoms with E-state index in [0.29, 0.717) is 5.02 Å². The van der Waals surface area contributed by atoms with Gasteiger partial charge in [0.1, 0.15) is 5.75 Å². The summed E-state index contributed by atoms with van der Waals surface area (Å²) < 4.78 is 6.32. The molecule has 21 heavy (non-hydrogen) atoms. The van der Waals surface area contributed by atoms with Gasteiger partial charge in [-0.1, -0.05) is 52.7 Å². The Hall–Kier alpha value is -1.03. The molecule has 0 aliphatic heterocycles. The summed E-state index contributed by atoms with van der Waals surface area (Å²) in [5.74, 6) is 0.768. The summed E-state index contributed by atoms with van der Waals surface area (Å²) in [6.07, 6.45) is 0. The third-order valence-corrected chi connectivity index (χ3v) is 4.64. The molecular formula is C17H19BrClNO. The van der Waals surface area contributed by atoms with Crippen LogP contribution in [0.15, 0.2) is 40.9 Å². The van der Waals surface area contributed by atoms with E-state index >= 15 is 0 Å². The first-order valence-electron chi connectivity index (χ1n) is 6.89. The Kier molecular flexibility index (Phi) is 5.68. The minimum atomic E-state index is 0.0605. The van der Waals surface area contributed by atoms with Crippen LogP contribution in [0.25, 0.3) is 0 Å². The van der Waals surface area contributed by atoms with Crippen LogP contribution in [0.1, 0.15) is 29.7 Å². The zero-order valence-corrected chi connectivity index (χ0v) is 14.8. The predicted octanol–water partition coefficient (Wildman–Crippen LogP) is 5.12. The van der Waals surface area contributed by atoms with Crippen molar-refractivity contribution in [3.63, 3.8) is 0 Å². The molecule has 2 aromatic rings. The van der Waals surface area contributed by atoms with E-state index in [1.807, 2.05) is 18.2 Å². The van der Waals surface area contributed by atoms with Crippen molar-refractivity contribution in [2.45, 2.75) is 19.9 Å². The SMILES string of the molecule is CCNC(c1ccc(C)c(Br)c1)c1ccc(OC)cc1Cl. The van der Waals surface area contributed by atoms with E-state index in [4.69, 9.17) is 16.3 Å². The van der Waals surface area contributed by atoms with Crippen LogP contribution in [-0.4, -0.2) is 13.7 Å². The maximum absolute atomic E-state index is 6.43. The van der Waals surface area contributed by atoms with Gasteiger partial charge < -0.3 is 10.1 Å². The van der Waals surface area contributed by atoms with Crippen molar-refractivity contribution in [3.8, 4) is 5.75 Å². The van der Waals surface area contributed by atoms with E-state index in [2.05, 4.69) is 53.3 Å². The van der Waals surface area contributed by atoms with Crippen molar-refractivity contribution in [2.75, 3.05) is 13.7 Å². The lowest BCUT2D eigenvalue weighted by Gasteiger charge is -2.21. The minimum Gasteiger partial charge on any atom is -0.497 e. The molecule has 0 radical (unpaired) electrons. The quantitative estimate of drug-likeness (QED) is 0.791. The van der Waals surface area contributed by atoms with Gasteiger partial charge in [-0.25, -0.2) is 0 Å². The predicted molar refractivity (Wildman–Crippen MR) is 92.4 cm³/mol. The smallest absolute Gasteiger partial charge is 0.120 e. The van der Waals surface area contributed by atoms with Gasteiger partial charge in [0, 0.05) is 9.50 Å². The average molecular weight is 369 g/mol. The minimum absolute atomic E-state index is 0.0605. The van der Waals surface area contributed by atoms with Crippen LogP contribution in [-0.2, 0) is 0 Å². The Balaban J connectivity index is 2.45. The summed E-state index contributed by atoms with van der Waals surface area (Å²) in [5, 5.41) is 4.20. The van der Waals surface area contributed by atoms with E-state index in [1.54, 1.807) is 7.11 Å². The van der Waals surface area contributed by atoms with E-state index in [9.17, 15) is 0 Å². The monoisotopic (exact) mass is 367 g/mol. The number of hydrogen-bond acceptors (Lipinski definition) is 2. The molecule has 2 nitrogen and oxygen atoms in total. The van der Waals surface area contributed by atoms with Crippen LogP contribution in [0.2, 0.25) is 5.02 Å². The number of nitrogens with one attached hydrogen (secondary N) is 1. The molecule has 0 aliphatic carbocycles. The van der Waals surface area contributed by atoms with Gasteiger partial charge in [0.05, 0.1) is 13.2 Å². The standard InChI is InChI=1S/C17H19BrClNO/c1-4-20-17(12-6-5-11(2)15(18)9-12)14-8-7-13(21-3)10-16(14)19/h5-10,17,20H,4H2,1-3H3. The van der Waals surface area contributed by atoms with Crippen molar-refractivity contribution in [1.29, 1.82) is 0 Å². The molecule has 2 aromatic carbocycles. The molecule has 4 heteroatoms. The second kappa shape index (κ2) is 7.30. The number of aryl methyl sites for hydroxylation is 1. The highest BCUT2D eigenvalue weighted by atomic mass is 79.9. The van der Waals surface area contributed by atoms with Crippen LogP contribution in [0, 0.1) is 6.92 Å². The molecule has 0 aliphatic rings. The number of benzene rings is 2. The van der Waals surface area contributed by atoms with Gasteiger partial charge in [-0.2, -0.15) is 0 Å². The van der Waals surface area contributed by atoms with Crippen LogP contribution in [0.3, 0.4) is 0 Å². The van der Waals surface area contributed by atoms with Crippen molar-refractivity contribution >= 4 is 27.5 Å². The second-order valence-electron chi connectivity index (χ2n) is 4.89. The summed E-state index contributed by atoms with van der Waals surface area (Å²) in [6.45, 7) is 5.03. The van der Waals surface area contributed by atoms with Crippen molar-refractivity contribution in [3.05, 3.63) is 62.6 Å². The summed E-state index contributed by atoms with van der Waals surface area (Å²) in [4.78, 5) is 0. The van der Waals surface area contributed by atoms with E-state index in [0.717, 1.165) is 22.3 Å². The van der Waals surface area contributed by atoms with Crippen LogP contribution in [0.5, 0.6) is 5.75 Å². The van der Waals surface area contributed by atoms with Crippen molar-refractivity contribution in [2.24, 2.45) is 0 Å². The molecule has 0 amide bonds. The zero-order chi connectivity index (χ0) is 15.4. The molecule has 0 saturated heterocycles. The Labute approximate surface area is 139 Å². The largest absolute Gasteiger partial charge is 0.497 e. The summed E-state index contributed by atoms with van der Waals surface area (Å²) in [7, 11) is 1.64. The van der Waals surface area contributed by atoms with Gasteiger partial charge in [0.2, 0.25) is 0 Å². The highest BCUT2D eigenvalue weighted by molar-refractivity contribution is 9.10. The molecule has 1 N–H and O–H groups in total. The molecule has 1 atom stereocenters. The van der Waals surface area contributed by atoms with Crippen molar-refractivity contribution in [1.82, 2.24) is 5.32 Å². The molecule has 0 bridgehead atoms.